The van der Waals surface area contributed by atoms with Gasteiger partial charge in [0, 0.05) is 36.4 Å². The van der Waals surface area contributed by atoms with Crippen LogP contribution in [0.4, 0.5) is 5.69 Å². The maximum atomic E-state index is 6.04. The molecule has 1 aromatic rings. The van der Waals surface area contributed by atoms with E-state index in [1.807, 2.05) is 6.07 Å². The number of nitrogens with one attached hydrogen (secondary N) is 1. The van der Waals surface area contributed by atoms with Crippen LogP contribution in [0.25, 0.3) is 0 Å². The first-order chi connectivity index (χ1) is 7.18. The minimum Gasteiger partial charge on any atom is -0.366 e. The van der Waals surface area contributed by atoms with Gasteiger partial charge in [-0.2, -0.15) is 0 Å². The van der Waals surface area contributed by atoms with Crippen molar-refractivity contribution in [2.24, 2.45) is 0 Å². The summed E-state index contributed by atoms with van der Waals surface area (Å²) in [6.07, 6.45) is 0. The fraction of sp³-hybridized carbons (Fsp3) is 0.500. The Morgan fingerprint density at radius 3 is 3.00 bits per heavy atom. The van der Waals surface area contributed by atoms with E-state index in [0.717, 1.165) is 24.7 Å². The van der Waals surface area contributed by atoms with Gasteiger partial charge >= 0.3 is 0 Å². The molecule has 3 heteroatoms. The Hall–Kier alpha value is -0.730. The zero-order chi connectivity index (χ0) is 10.8. The topological polar surface area (TPSA) is 15.3 Å². The Bertz CT molecular complexity index is 351. The Kier molecular flexibility index (Phi) is 3.17. The normalized spacial score (nSPS) is 21.8. The summed E-state index contributed by atoms with van der Waals surface area (Å²) < 4.78 is 0. The maximum Gasteiger partial charge on any atom is 0.0426 e. The Labute approximate surface area is 96.2 Å². The van der Waals surface area contributed by atoms with Crippen LogP contribution in [-0.2, 0) is 0 Å². The molecule has 15 heavy (non-hydrogen) atoms. The van der Waals surface area contributed by atoms with Crippen LogP contribution in [0.15, 0.2) is 18.2 Å². The van der Waals surface area contributed by atoms with Gasteiger partial charge in [-0.05, 0) is 31.5 Å². The van der Waals surface area contributed by atoms with E-state index in [1.54, 1.807) is 0 Å². The molecule has 1 unspecified atom stereocenters. The molecule has 0 amide bonds. The van der Waals surface area contributed by atoms with Gasteiger partial charge in [0.05, 0.1) is 0 Å². The molecular weight excluding hydrogens is 208 g/mol. The highest BCUT2D eigenvalue weighted by molar-refractivity contribution is 6.30. The SMILES string of the molecule is Cc1ccc(Cl)cc1N1CCNCC1C. The third-order valence-electron chi connectivity index (χ3n) is 2.98. The third kappa shape index (κ3) is 2.27. The van der Waals surface area contributed by atoms with Crippen LogP contribution in [-0.4, -0.2) is 25.7 Å². The lowest BCUT2D eigenvalue weighted by Gasteiger charge is -2.36. The molecule has 0 saturated carbocycles. The molecule has 0 radical (unpaired) electrons. The summed E-state index contributed by atoms with van der Waals surface area (Å²) in [7, 11) is 0. The summed E-state index contributed by atoms with van der Waals surface area (Å²) in [6.45, 7) is 7.54. The molecule has 0 bridgehead atoms. The standard InChI is InChI=1S/C12H17ClN2/c1-9-3-4-11(13)7-12(9)15-6-5-14-8-10(15)2/h3-4,7,10,14H,5-6,8H2,1-2H3. The molecule has 0 aliphatic carbocycles. The molecule has 1 N–H and O–H groups in total. The lowest BCUT2D eigenvalue weighted by atomic mass is 10.1. The van der Waals surface area contributed by atoms with E-state index in [-0.39, 0.29) is 0 Å². The number of rotatable bonds is 1. The quantitative estimate of drug-likeness (QED) is 0.789. The third-order valence-corrected chi connectivity index (χ3v) is 3.22. The van der Waals surface area contributed by atoms with Gasteiger partial charge in [-0.25, -0.2) is 0 Å². The second-order valence-electron chi connectivity index (χ2n) is 4.18. The van der Waals surface area contributed by atoms with Gasteiger partial charge in [-0.1, -0.05) is 17.7 Å². The number of hydrogen-bond acceptors (Lipinski definition) is 2. The van der Waals surface area contributed by atoms with E-state index in [9.17, 15) is 0 Å². The van der Waals surface area contributed by atoms with Gasteiger partial charge in [-0.15, -0.1) is 0 Å². The Morgan fingerprint density at radius 1 is 1.47 bits per heavy atom. The van der Waals surface area contributed by atoms with Crippen LogP contribution in [0.3, 0.4) is 0 Å². The van der Waals surface area contributed by atoms with E-state index in [2.05, 4.69) is 36.2 Å². The van der Waals surface area contributed by atoms with Crippen LogP contribution in [0.2, 0.25) is 5.02 Å². The van der Waals surface area contributed by atoms with E-state index in [1.165, 1.54) is 11.3 Å². The van der Waals surface area contributed by atoms with E-state index in [4.69, 9.17) is 11.6 Å². The maximum absolute atomic E-state index is 6.04. The van der Waals surface area contributed by atoms with Crippen LogP contribution < -0.4 is 10.2 Å². The summed E-state index contributed by atoms with van der Waals surface area (Å²) in [5, 5.41) is 4.21. The van der Waals surface area contributed by atoms with Crippen molar-refractivity contribution >= 4 is 17.3 Å². The van der Waals surface area contributed by atoms with Gasteiger partial charge in [-0.3, -0.25) is 0 Å². The molecule has 1 aliphatic heterocycles. The molecule has 82 valence electrons. The van der Waals surface area contributed by atoms with Crippen LogP contribution >= 0.6 is 11.6 Å². The van der Waals surface area contributed by atoms with Crippen LogP contribution in [0.1, 0.15) is 12.5 Å². The monoisotopic (exact) mass is 224 g/mol. The fourth-order valence-electron chi connectivity index (χ4n) is 2.09. The average Bonchev–Trinajstić information content (AvgIpc) is 2.23. The molecule has 0 spiro atoms. The number of nitrogens with zero attached hydrogens (tertiary/aromatic N) is 1. The molecule has 1 aliphatic rings. The first kappa shape index (κ1) is 10.8. The molecule has 1 atom stereocenters. The van der Waals surface area contributed by atoms with Crippen molar-refractivity contribution in [1.29, 1.82) is 0 Å². The smallest absolute Gasteiger partial charge is 0.0426 e. The first-order valence-electron chi connectivity index (χ1n) is 5.42. The molecule has 1 saturated heterocycles. The number of benzene rings is 1. The van der Waals surface area contributed by atoms with E-state index >= 15 is 0 Å². The van der Waals surface area contributed by atoms with Crippen molar-refractivity contribution in [2.45, 2.75) is 19.9 Å². The molecule has 1 aromatic carbocycles. The van der Waals surface area contributed by atoms with Gasteiger partial charge in [0.25, 0.3) is 0 Å². The number of hydrogen-bond donors (Lipinski definition) is 1. The van der Waals surface area contributed by atoms with Crippen molar-refractivity contribution in [1.82, 2.24) is 5.32 Å². The van der Waals surface area contributed by atoms with Gasteiger partial charge in [0.1, 0.15) is 0 Å². The molecular formula is C12H17ClN2. The van der Waals surface area contributed by atoms with Crippen molar-refractivity contribution < 1.29 is 0 Å². The highest BCUT2D eigenvalue weighted by atomic mass is 35.5. The van der Waals surface area contributed by atoms with E-state index < -0.39 is 0 Å². The molecule has 1 heterocycles. The second-order valence-corrected chi connectivity index (χ2v) is 4.61. The molecule has 1 fully saturated rings. The predicted octanol–water partition coefficient (Wildman–Crippen LogP) is 2.45. The first-order valence-corrected chi connectivity index (χ1v) is 5.80. The molecule has 0 aromatic heterocycles. The predicted molar refractivity (Wildman–Crippen MR) is 65.9 cm³/mol. The van der Waals surface area contributed by atoms with Crippen molar-refractivity contribution in [3.8, 4) is 0 Å². The minimum absolute atomic E-state index is 0.538. The van der Waals surface area contributed by atoms with E-state index in [0.29, 0.717) is 6.04 Å². The van der Waals surface area contributed by atoms with Gasteiger partial charge in [0.2, 0.25) is 0 Å². The summed E-state index contributed by atoms with van der Waals surface area (Å²) in [6, 6.07) is 6.65. The zero-order valence-electron chi connectivity index (χ0n) is 9.26. The summed E-state index contributed by atoms with van der Waals surface area (Å²) in [5.41, 5.74) is 2.57. The van der Waals surface area contributed by atoms with Crippen LogP contribution in [0.5, 0.6) is 0 Å². The lowest BCUT2D eigenvalue weighted by molar-refractivity contribution is 0.500. The van der Waals surface area contributed by atoms with Gasteiger partial charge in [0.15, 0.2) is 0 Å². The highest BCUT2D eigenvalue weighted by Gasteiger charge is 2.19. The second kappa shape index (κ2) is 4.42. The Balaban J connectivity index is 2.30. The zero-order valence-corrected chi connectivity index (χ0v) is 10.0. The van der Waals surface area contributed by atoms with Crippen LogP contribution in [0, 0.1) is 6.92 Å². The molecule has 2 rings (SSSR count). The Morgan fingerprint density at radius 2 is 2.27 bits per heavy atom. The lowest BCUT2D eigenvalue weighted by Crippen LogP contribution is -2.50. The number of anilines is 1. The van der Waals surface area contributed by atoms with Crippen molar-refractivity contribution in [3.63, 3.8) is 0 Å². The fourth-order valence-corrected chi connectivity index (χ4v) is 2.26. The largest absolute Gasteiger partial charge is 0.366 e. The number of piperazine rings is 1. The summed E-state index contributed by atoms with van der Waals surface area (Å²) in [4.78, 5) is 2.43. The summed E-state index contributed by atoms with van der Waals surface area (Å²) >= 11 is 6.04. The minimum atomic E-state index is 0.538. The van der Waals surface area contributed by atoms with Crippen molar-refractivity contribution in [3.05, 3.63) is 28.8 Å². The summed E-state index contributed by atoms with van der Waals surface area (Å²) in [5.74, 6) is 0. The highest BCUT2D eigenvalue weighted by Crippen LogP contribution is 2.26. The van der Waals surface area contributed by atoms with Gasteiger partial charge < -0.3 is 10.2 Å². The number of aryl methyl sites for hydroxylation is 1. The van der Waals surface area contributed by atoms with Crippen molar-refractivity contribution in [2.75, 3.05) is 24.5 Å². The number of halogens is 1. The average molecular weight is 225 g/mol. The molecule has 2 nitrogen and oxygen atoms in total.